The molecule has 3 rings (SSSR count). The molecule has 1 N–H and O–H groups in total. The number of hydrogen-bond donors (Lipinski definition) is 1. The summed E-state index contributed by atoms with van der Waals surface area (Å²) in [5, 5.41) is 24.5. The lowest BCUT2D eigenvalue weighted by molar-refractivity contribution is 0.0937. The van der Waals surface area contributed by atoms with E-state index < -0.39 is 17.8 Å². The third kappa shape index (κ3) is 4.31. The molecule has 28 heavy (non-hydrogen) atoms. The largest absolute Gasteiger partial charge is 0.342 e. The van der Waals surface area contributed by atoms with Crippen LogP contribution < -0.4 is 5.32 Å². The number of nitrogens with one attached hydrogen (secondary N) is 1. The molecule has 0 aliphatic rings. The molecule has 2 heterocycles. The van der Waals surface area contributed by atoms with E-state index in [1.54, 1.807) is 25.1 Å². The van der Waals surface area contributed by atoms with E-state index in [0.717, 1.165) is 12.1 Å². The van der Waals surface area contributed by atoms with Crippen LogP contribution in [0.25, 0.3) is 5.82 Å². The summed E-state index contributed by atoms with van der Waals surface area (Å²) in [6.45, 7) is 1.69. The van der Waals surface area contributed by atoms with Crippen molar-refractivity contribution in [3.05, 3.63) is 71.2 Å². The molecule has 0 unspecified atom stereocenters. The lowest BCUT2D eigenvalue weighted by Gasteiger charge is -2.14. The number of pyridine rings is 1. The first kappa shape index (κ1) is 20.6. The first-order valence-corrected chi connectivity index (χ1v) is 7.80. The van der Waals surface area contributed by atoms with Gasteiger partial charge in [0.1, 0.15) is 18.2 Å². The lowest BCUT2D eigenvalue weighted by Crippen LogP contribution is -2.29. The number of halogens is 1. The van der Waals surface area contributed by atoms with Crippen molar-refractivity contribution in [2.75, 3.05) is 0 Å². The monoisotopic (exact) mass is 395 g/mol. The second kappa shape index (κ2) is 8.75. The van der Waals surface area contributed by atoms with E-state index in [9.17, 15) is 9.18 Å². The summed E-state index contributed by atoms with van der Waals surface area (Å²) in [5.74, 6) is -0.393. The highest BCUT2D eigenvalue weighted by atomic mass is 32.1. The summed E-state index contributed by atoms with van der Waals surface area (Å²) < 4.78 is 15.0. The Balaban J connectivity index is 0.00000280. The molecule has 0 fully saturated rings. The first-order chi connectivity index (χ1) is 13.0. The number of carbonyl (C=O) groups excluding carboxylic acids is 1. The van der Waals surface area contributed by atoms with Crippen molar-refractivity contribution < 1.29 is 9.18 Å². The number of hydrogen-bond acceptors (Lipinski definition) is 6. The van der Waals surface area contributed by atoms with Crippen molar-refractivity contribution in [1.29, 1.82) is 10.5 Å². The summed E-state index contributed by atoms with van der Waals surface area (Å²) in [4.78, 5) is 20.7. The van der Waals surface area contributed by atoms with Gasteiger partial charge in [-0.2, -0.15) is 33.8 Å². The Bertz CT molecular complexity index is 1080. The fraction of sp³-hybridized carbons (Fsp3) is 0.111. The third-order valence-corrected chi connectivity index (χ3v) is 3.69. The molecule has 0 bridgehead atoms. The van der Waals surface area contributed by atoms with E-state index in [2.05, 4.69) is 20.4 Å². The summed E-state index contributed by atoms with van der Waals surface area (Å²) >= 11 is 0. The van der Waals surface area contributed by atoms with Gasteiger partial charge < -0.3 is 5.32 Å². The van der Waals surface area contributed by atoms with E-state index in [0.29, 0.717) is 17.2 Å². The zero-order chi connectivity index (χ0) is 19.4. The van der Waals surface area contributed by atoms with Gasteiger partial charge in [0, 0.05) is 11.8 Å². The minimum atomic E-state index is -0.670. The Kier molecular flexibility index (Phi) is 6.42. The van der Waals surface area contributed by atoms with Crippen LogP contribution in [0.15, 0.2) is 42.9 Å². The molecule has 0 spiro atoms. The van der Waals surface area contributed by atoms with Crippen molar-refractivity contribution in [3.63, 3.8) is 0 Å². The van der Waals surface area contributed by atoms with E-state index in [-0.39, 0.29) is 24.6 Å². The maximum Gasteiger partial charge on any atom is 0.252 e. The van der Waals surface area contributed by atoms with Crippen LogP contribution in [0, 0.1) is 28.5 Å². The Hall–Kier alpha value is -3.76. The molecule has 0 aliphatic carbocycles. The smallest absolute Gasteiger partial charge is 0.252 e. The van der Waals surface area contributed by atoms with E-state index in [1.807, 2.05) is 6.07 Å². The summed E-state index contributed by atoms with van der Waals surface area (Å²) in [5.41, 5.74) is 0.486. The summed E-state index contributed by atoms with van der Waals surface area (Å²) in [6, 6.07) is 9.81. The first-order valence-electron chi connectivity index (χ1n) is 7.80. The number of nitriles is 2. The molecule has 8 nitrogen and oxygen atoms in total. The second-order valence-corrected chi connectivity index (χ2v) is 5.58. The van der Waals surface area contributed by atoms with Gasteiger partial charge in [0.2, 0.25) is 0 Å². The van der Waals surface area contributed by atoms with Crippen LogP contribution >= 0.6 is 13.5 Å². The molecule has 0 radical (unpaired) electrons. The highest BCUT2D eigenvalue weighted by molar-refractivity contribution is 7.59. The van der Waals surface area contributed by atoms with Gasteiger partial charge in [-0.15, -0.1) is 0 Å². The highest BCUT2D eigenvalue weighted by Gasteiger charge is 2.19. The van der Waals surface area contributed by atoms with Crippen molar-refractivity contribution in [3.8, 4) is 18.0 Å². The normalized spacial score (nSPS) is 10.9. The summed E-state index contributed by atoms with van der Waals surface area (Å²) in [6.07, 6.45) is 2.72. The molecule has 3 aromatic rings. The van der Waals surface area contributed by atoms with Crippen LogP contribution in [-0.4, -0.2) is 25.7 Å². The highest BCUT2D eigenvalue weighted by Crippen LogP contribution is 2.15. The standard InChI is InChI=1S/C18H12FN7O.H2S/c1-11(25-18(27)14-4-13(8-21)5-15(19)6-14)17-23-10-24-26(17)16-3-2-12(7-20)9-22-16;/h2-6,9-11H,1H3,(H,25,27);1H2/t11-;/m0./s1. The van der Waals surface area contributed by atoms with Gasteiger partial charge in [-0.3, -0.25) is 4.79 Å². The zero-order valence-electron chi connectivity index (χ0n) is 14.6. The quantitative estimate of drug-likeness (QED) is 0.723. The number of amides is 1. The van der Waals surface area contributed by atoms with Crippen LogP contribution in [-0.2, 0) is 0 Å². The van der Waals surface area contributed by atoms with Gasteiger partial charge in [0.25, 0.3) is 5.91 Å². The molecule has 0 aliphatic heterocycles. The van der Waals surface area contributed by atoms with Crippen LogP contribution in [0.5, 0.6) is 0 Å². The predicted octanol–water partition coefficient (Wildman–Crippen LogP) is 2.15. The molecule has 1 atom stereocenters. The molecule has 0 saturated heterocycles. The van der Waals surface area contributed by atoms with Crippen LogP contribution in [0.2, 0.25) is 0 Å². The Morgan fingerprint density at radius 3 is 2.57 bits per heavy atom. The van der Waals surface area contributed by atoms with Crippen LogP contribution in [0.4, 0.5) is 4.39 Å². The molecular weight excluding hydrogens is 381 g/mol. The Morgan fingerprint density at radius 2 is 1.93 bits per heavy atom. The molecule has 2 aromatic heterocycles. The number of aromatic nitrogens is 4. The predicted molar refractivity (Wildman–Crippen MR) is 101 cm³/mol. The van der Waals surface area contributed by atoms with Gasteiger partial charge in [0.15, 0.2) is 11.6 Å². The lowest BCUT2D eigenvalue weighted by atomic mass is 10.1. The van der Waals surface area contributed by atoms with Crippen LogP contribution in [0.1, 0.15) is 40.3 Å². The number of rotatable bonds is 4. The average Bonchev–Trinajstić information content (AvgIpc) is 3.17. The number of nitrogens with zero attached hydrogens (tertiary/aromatic N) is 6. The number of carbonyl (C=O) groups is 1. The minimum Gasteiger partial charge on any atom is -0.342 e. The van der Waals surface area contributed by atoms with Gasteiger partial charge >= 0.3 is 0 Å². The Labute approximate surface area is 166 Å². The van der Waals surface area contributed by atoms with Gasteiger partial charge in [-0.1, -0.05) is 0 Å². The maximum absolute atomic E-state index is 13.5. The maximum atomic E-state index is 13.5. The fourth-order valence-electron chi connectivity index (χ4n) is 2.43. The average molecular weight is 395 g/mol. The third-order valence-electron chi connectivity index (χ3n) is 3.69. The van der Waals surface area contributed by atoms with Crippen molar-refractivity contribution in [2.45, 2.75) is 13.0 Å². The molecule has 10 heteroatoms. The van der Waals surface area contributed by atoms with E-state index >= 15 is 0 Å². The second-order valence-electron chi connectivity index (χ2n) is 5.58. The number of benzene rings is 1. The molecular formula is C18H14FN7OS. The van der Waals surface area contributed by atoms with E-state index in [1.165, 1.54) is 23.3 Å². The fourth-order valence-corrected chi connectivity index (χ4v) is 2.43. The van der Waals surface area contributed by atoms with Crippen molar-refractivity contribution >= 4 is 19.4 Å². The zero-order valence-corrected chi connectivity index (χ0v) is 15.6. The van der Waals surface area contributed by atoms with E-state index in [4.69, 9.17) is 10.5 Å². The minimum absolute atomic E-state index is 0. The van der Waals surface area contributed by atoms with Crippen LogP contribution in [0.3, 0.4) is 0 Å². The van der Waals surface area contributed by atoms with Crippen molar-refractivity contribution in [1.82, 2.24) is 25.1 Å². The van der Waals surface area contributed by atoms with Gasteiger partial charge in [0.05, 0.1) is 23.2 Å². The van der Waals surface area contributed by atoms with Gasteiger partial charge in [-0.05, 0) is 37.3 Å². The molecule has 1 aromatic carbocycles. The van der Waals surface area contributed by atoms with Gasteiger partial charge in [-0.25, -0.2) is 14.4 Å². The molecule has 1 amide bonds. The molecule has 140 valence electrons. The molecule has 0 saturated carbocycles. The Morgan fingerprint density at radius 1 is 1.18 bits per heavy atom. The van der Waals surface area contributed by atoms with Crippen molar-refractivity contribution in [2.24, 2.45) is 0 Å². The topological polar surface area (TPSA) is 120 Å². The summed E-state index contributed by atoms with van der Waals surface area (Å²) in [7, 11) is 0. The SMILES string of the molecule is C[C@H](NC(=O)c1cc(F)cc(C#N)c1)c1ncnn1-c1ccc(C#N)cn1.S.